The highest BCUT2D eigenvalue weighted by Gasteiger charge is 2.39. The first-order valence-corrected chi connectivity index (χ1v) is 12.8. The number of nitrogens with zero attached hydrogens (tertiary/aromatic N) is 8. The minimum Gasteiger partial charge on any atom is -0.346 e. The average Bonchev–Trinajstić information content (AvgIpc) is 3.57. The summed E-state index contributed by atoms with van der Waals surface area (Å²) in [7, 11) is 0. The second-order valence-electron chi connectivity index (χ2n) is 10.00. The standard InChI is InChI=1S/C26H23F4N9O/c27-20-17(2-7-32-23(20)26(28,29)30)25(40)37-9-4-16(5-10-37)21-19(22-18-3-8-33-24(18)35-14-34-22)13-39(36-21)38-11-15(12-38)1-6-31/h2-3,7-8,13-16H,1,4-5,9-12H2,(H,33,34,35). The zero-order valence-corrected chi connectivity index (χ0v) is 21.1. The quantitative estimate of drug-likeness (QED) is 0.373. The molecule has 0 unspecified atom stereocenters. The fourth-order valence-corrected chi connectivity index (χ4v) is 5.39. The monoisotopic (exact) mass is 553 g/mol. The first-order chi connectivity index (χ1) is 19.2. The summed E-state index contributed by atoms with van der Waals surface area (Å²) in [6, 6.07) is 5.06. The van der Waals surface area contributed by atoms with Crippen LogP contribution in [0.3, 0.4) is 0 Å². The van der Waals surface area contributed by atoms with Crippen molar-refractivity contribution in [3.8, 4) is 17.3 Å². The van der Waals surface area contributed by atoms with Crippen molar-refractivity contribution in [1.29, 1.82) is 5.26 Å². The third-order valence-electron chi connectivity index (χ3n) is 7.50. The second kappa shape index (κ2) is 9.89. The van der Waals surface area contributed by atoms with Crippen LogP contribution in [-0.2, 0) is 6.18 Å². The number of alkyl halides is 3. The van der Waals surface area contributed by atoms with Crippen LogP contribution >= 0.6 is 0 Å². The summed E-state index contributed by atoms with van der Waals surface area (Å²) >= 11 is 0. The number of pyridine rings is 1. The second-order valence-corrected chi connectivity index (χ2v) is 10.00. The molecule has 4 aromatic rings. The Labute approximate surface area is 225 Å². The highest BCUT2D eigenvalue weighted by molar-refractivity contribution is 5.95. The predicted molar refractivity (Wildman–Crippen MR) is 134 cm³/mol. The van der Waals surface area contributed by atoms with Gasteiger partial charge in [-0.3, -0.25) is 9.80 Å². The Kier molecular flexibility index (Phi) is 6.36. The number of fused-ring (bicyclic) bond motifs is 1. The molecule has 0 atom stereocenters. The van der Waals surface area contributed by atoms with E-state index in [4.69, 9.17) is 10.4 Å². The van der Waals surface area contributed by atoms with Crippen LogP contribution in [0, 0.1) is 23.1 Å². The molecular formula is C26H23F4N9O. The minimum atomic E-state index is -5.00. The molecule has 0 saturated carbocycles. The van der Waals surface area contributed by atoms with Crippen LogP contribution in [-0.4, -0.2) is 66.8 Å². The van der Waals surface area contributed by atoms with Gasteiger partial charge in [-0.2, -0.15) is 28.3 Å². The number of hydrogen-bond donors (Lipinski definition) is 1. The number of hydrogen-bond acceptors (Lipinski definition) is 7. The fraction of sp³-hybridized carbons (Fsp3) is 0.385. The van der Waals surface area contributed by atoms with Crippen molar-refractivity contribution in [2.75, 3.05) is 31.2 Å². The number of aromatic nitrogens is 6. The molecule has 0 aromatic carbocycles. The summed E-state index contributed by atoms with van der Waals surface area (Å²) in [5.74, 6) is -2.26. The first-order valence-electron chi connectivity index (χ1n) is 12.8. The fourth-order valence-electron chi connectivity index (χ4n) is 5.39. The van der Waals surface area contributed by atoms with Gasteiger partial charge in [0.15, 0.2) is 11.5 Å². The van der Waals surface area contributed by atoms with Gasteiger partial charge in [-0.15, -0.1) is 0 Å². The molecule has 2 aliphatic heterocycles. The SMILES string of the molecule is N#CCC1CN(n2cc(-c3ncnc4[nH]ccc34)c(C3CCN(C(=O)c4ccnc(C(F)(F)F)c4F)CC3)n2)C1. The maximum Gasteiger partial charge on any atom is 0.436 e. The predicted octanol–water partition coefficient (Wildman–Crippen LogP) is 3.88. The molecule has 6 rings (SSSR count). The molecule has 14 heteroatoms. The van der Waals surface area contributed by atoms with E-state index in [9.17, 15) is 22.4 Å². The van der Waals surface area contributed by atoms with Crippen molar-refractivity contribution in [2.24, 2.45) is 5.92 Å². The molecule has 2 saturated heterocycles. The van der Waals surface area contributed by atoms with Crippen molar-refractivity contribution < 1.29 is 22.4 Å². The third-order valence-corrected chi connectivity index (χ3v) is 7.50. The van der Waals surface area contributed by atoms with Crippen LogP contribution in [0.2, 0.25) is 0 Å². The van der Waals surface area contributed by atoms with Gasteiger partial charge in [-0.1, -0.05) is 0 Å². The van der Waals surface area contributed by atoms with Crippen LogP contribution < -0.4 is 5.01 Å². The van der Waals surface area contributed by atoms with E-state index < -0.39 is 29.2 Å². The van der Waals surface area contributed by atoms with Crippen LogP contribution in [0.15, 0.2) is 37.1 Å². The van der Waals surface area contributed by atoms with E-state index in [0.29, 0.717) is 43.7 Å². The molecule has 0 radical (unpaired) electrons. The van der Waals surface area contributed by atoms with Crippen LogP contribution in [0.1, 0.15) is 46.9 Å². The van der Waals surface area contributed by atoms with E-state index in [-0.39, 0.29) is 24.9 Å². The Morgan fingerprint density at radius 2 is 1.93 bits per heavy atom. The van der Waals surface area contributed by atoms with Gasteiger partial charge in [0.25, 0.3) is 5.91 Å². The van der Waals surface area contributed by atoms with Gasteiger partial charge in [0.2, 0.25) is 0 Å². The highest BCUT2D eigenvalue weighted by atomic mass is 19.4. The van der Waals surface area contributed by atoms with Crippen molar-refractivity contribution in [1.82, 2.24) is 34.7 Å². The normalized spacial score (nSPS) is 16.8. The van der Waals surface area contributed by atoms with E-state index in [1.807, 2.05) is 17.3 Å². The number of nitrogens with one attached hydrogen (secondary N) is 1. The lowest BCUT2D eigenvalue weighted by atomic mass is 9.90. The van der Waals surface area contributed by atoms with E-state index in [1.165, 1.54) is 11.2 Å². The Hall–Kier alpha value is -4.54. The summed E-state index contributed by atoms with van der Waals surface area (Å²) < 4.78 is 53.9. The molecule has 0 aliphatic carbocycles. The Balaban J connectivity index is 1.26. The van der Waals surface area contributed by atoms with Crippen LogP contribution in [0.4, 0.5) is 17.6 Å². The molecule has 0 spiro atoms. The maximum absolute atomic E-state index is 14.6. The molecule has 10 nitrogen and oxygen atoms in total. The van der Waals surface area contributed by atoms with Crippen molar-refractivity contribution >= 4 is 16.9 Å². The number of nitriles is 1. The third kappa shape index (κ3) is 4.51. The van der Waals surface area contributed by atoms with E-state index in [2.05, 4.69) is 26.0 Å². The van der Waals surface area contributed by atoms with Crippen LogP contribution in [0.25, 0.3) is 22.3 Å². The minimum absolute atomic E-state index is 0.0755. The topological polar surface area (TPSA) is 120 Å². The van der Waals surface area contributed by atoms with E-state index in [0.717, 1.165) is 28.9 Å². The smallest absolute Gasteiger partial charge is 0.346 e. The number of likely N-dealkylation sites (tertiary alicyclic amines) is 1. The Bertz CT molecular complexity index is 1610. The lowest BCUT2D eigenvalue weighted by Gasteiger charge is -2.39. The molecule has 206 valence electrons. The van der Waals surface area contributed by atoms with Gasteiger partial charge in [0, 0.05) is 67.8 Å². The van der Waals surface area contributed by atoms with E-state index in [1.54, 1.807) is 11.0 Å². The van der Waals surface area contributed by atoms with Crippen molar-refractivity contribution in [2.45, 2.75) is 31.4 Å². The summed E-state index contributed by atoms with van der Waals surface area (Å²) in [6.45, 7) is 1.83. The molecule has 2 fully saturated rings. The lowest BCUT2D eigenvalue weighted by molar-refractivity contribution is -0.143. The van der Waals surface area contributed by atoms with Gasteiger partial charge in [0.1, 0.15) is 12.0 Å². The van der Waals surface area contributed by atoms with Gasteiger partial charge in [-0.05, 0) is 25.0 Å². The summed E-state index contributed by atoms with van der Waals surface area (Å²) in [6.07, 6.45) is 2.39. The summed E-state index contributed by atoms with van der Waals surface area (Å²) in [4.78, 5) is 31.1. The lowest BCUT2D eigenvalue weighted by Crippen LogP contribution is -2.53. The number of amides is 1. The Morgan fingerprint density at radius 1 is 1.15 bits per heavy atom. The summed E-state index contributed by atoms with van der Waals surface area (Å²) in [5.41, 5.74) is 0.638. The molecule has 1 amide bonds. The Morgan fingerprint density at radius 3 is 2.65 bits per heavy atom. The molecule has 6 heterocycles. The highest BCUT2D eigenvalue weighted by Crippen LogP contribution is 2.37. The van der Waals surface area contributed by atoms with Crippen molar-refractivity contribution in [3.63, 3.8) is 0 Å². The zero-order chi connectivity index (χ0) is 28.0. The number of H-pyrrole nitrogens is 1. The number of carbonyl (C=O) groups excluding carboxylic acids is 1. The first kappa shape index (κ1) is 25.7. The molecule has 2 aliphatic rings. The number of aromatic amines is 1. The maximum atomic E-state index is 14.6. The molecule has 40 heavy (non-hydrogen) atoms. The number of carbonyl (C=O) groups is 1. The number of piperidine rings is 1. The largest absolute Gasteiger partial charge is 0.436 e. The van der Waals surface area contributed by atoms with Gasteiger partial charge < -0.3 is 9.88 Å². The molecule has 1 N–H and O–H groups in total. The van der Waals surface area contributed by atoms with Gasteiger partial charge in [0.05, 0.1) is 29.2 Å². The summed E-state index contributed by atoms with van der Waals surface area (Å²) in [5, 5.41) is 16.7. The number of halogens is 4. The molecule has 0 bridgehead atoms. The van der Waals surface area contributed by atoms with Crippen molar-refractivity contribution in [3.05, 3.63) is 59.8 Å². The molecular weight excluding hydrogens is 530 g/mol. The molecule has 4 aromatic heterocycles. The zero-order valence-electron chi connectivity index (χ0n) is 21.1. The van der Waals surface area contributed by atoms with Gasteiger partial charge in [-0.25, -0.2) is 19.3 Å². The van der Waals surface area contributed by atoms with Gasteiger partial charge >= 0.3 is 6.18 Å². The van der Waals surface area contributed by atoms with Crippen LogP contribution in [0.5, 0.6) is 0 Å². The average molecular weight is 554 g/mol. The number of rotatable bonds is 5. The van der Waals surface area contributed by atoms with E-state index >= 15 is 0 Å².